The van der Waals surface area contributed by atoms with Crippen LogP contribution in [-0.4, -0.2) is 48.2 Å². The first-order valence-corrected chi connectivity index (χ1v) is 7.92. The minimum absolute atomic E-state index is 0. The molecule has 0 aliphatic rings. The third-order valence-corrected chi connectivity index (χ3v) is 3.26. The van der Waals surface area contributed by atoms with Crippen LogP contribution in [0.2, 0.25) is 0 Å². The van der Waals surface area contributed by atoms with Gasteiger partial charge in [-0.1, -0.05) is 27.7 Å². The van der Waals surface area contributed by atoms with E-state index in [1.807, 2.05) is 0 Å². The van der Waals surface area contributed by atoms with Gasteiger partial charge in [-0.3, -0.25) is 9.59 Å². The van der Waals surface area contributed by atoms with E-state index in [-0.39, 0.29) is 69.3 Å². The Bertz CT molecular complexity index is 413. The molecule has 0 bridgehead atoms. The van der Waals surface area contributed by atoms with E-state index in [2.05, 4.69) is 0 Å². The predicted octanol–water partition coefficient (Wildman–Crippen LogP) is 4.27. The van der Waals surface area contributed by atoms with E-state index in [0.29, 0.717) is 0 Å². The minimum atomic E-state index is -0.410. The third-order valence-electron chi connectivity index (χ3n) is 3.26. The molecule has 0 radical (unpaired) electrons. The molecule has 0 fully saturated rings. The van der Waals surface area contributed by atoms with E-state index in [1.165, 1.54) is 26.4 Å². The van der Waals surface area contributed by atoms with Crippen molar-refractivity contribution in [3.05, 3.63) is 38.5 Å². The maximum Gasteiger partial charge on any atom is 2.00 e. The first kappa shape index (κ1) is 36.8. The maximum absolute atomic E-state index is 11.1. The number of carbonyl (C=O) groups excluding carboxylic acids is 2. The summed E-state index contributed by atoms with van der Waals surface area (Å²) in [5.74, 6) is -0.382. The van der Waals surface area contributed by atoms with Crippen molar-refractivity contribution < 1.29 is 48.8 Å². The van der Waals surface area contributed by atoms with Crippen LogP contribution in [0, 0.1) is 26.7 Å². The van der Waals surface area contributed by atoms with Crippen LogP contribution in [0.25, 0.3) is 0 Å². The topological polar surface area (TPSA) is 93.1 Å². The van der Waals surface area contributed by atoms with Crippen LogP contribution in [0.5, 0.6) is 0 Å². The molecule has 7 heteroatoms. The van der Waals surface area contributed by atoms with Crippen molar-refractivity contribution in [3.8, 4) is 0 Å². The van der Waals surface area contributed by atoms with Gasteiger partial charge in [0.25, 0.3) is 0 Å². The molecule has 27 heavy (non-hydrogen) atoms. The Balaban J connectivity index is -0.000000108. The van der Waals surface area contributed by atoms with Crippen molar-refractivity contribution in [2.24, 2.45) is 11.8 Å². The van der Waals surface area contributed by atoms with Crippen LogP contribution in [0.1, 0.15) is 41.5 Å². The standard InChI is InChI=1S/2C9H16O3.2CH3.Ru/c2*1-6(2)8(10)5-9(11)7(3)12-4;;;/h2*5-7,11H,1-4H3;2*1H3;/q;;2*-1;+2/b2*9-5-;;;. The summed E-state index contributed by atoms with van der Waals surface area (Å²) in [6.07, 6.45) is 1.62. The molecule has 2 atom stereocenters. The molecule has 0 aliphatic carbocycles. The molecule has 0 aliphatic heterocycles. The van der Waals surface area contributed by atoms with Gasteiger partial charge in [0.15, 0.2) is 11.6 Å². The van der Waals surface area contributed by atoms with Crippen LogP contribution in [-0.2, 0) is 38.5 Å². The fraction of sp³-hybridized carbons (Fsp3) is 0.600. The molecule has 0 saturated carbocycles. The van der Waals surface area contributed by atoms with Gasteiger partial charge in [0.05, 0.1) is 0 Å². The van der Waals surface area contributed by atoms with Crippen molar-refractivity contribution in [1.29, 1.82) is 0 Å². The van der Waals surface area contributed by atoms with E-state index in [0.717, 1.165) is 0 Å². The molecule has 0 amide bonds. The van der Waals surface area contributed by atoms with Crippen molar-refractivity contribution >= 4 is 11.6 Å². The van der Waals surface area contributed by atoms with E-state index in [9.17, 15) is 19.8 Å². The monoisotopic (exact) mass is 476 g/mol. The van der Waals surface area contributed by atoms with Gasteiger partial charge in [-0.15, -0.1) is 0 Å². The summed E-state index contributed by atoms with van der Waals surface area (Å²) in [6.45, 7) is 10.5. The third kappa shape index (κ3) is 18.1. The number of ketones is 2. The van der Waals surface area contributed by atoms with Gasteiger partial charge >= 0.3 is 19.5 Å². The van der Waals surface area contributed by atoms with Crippen molar-refractivity contribution in [2.45, 2.75) is 53.8 Å². The summed E-state index contributed by atoms with van der Waals surface area (Å²) in [4.78, 5) is 22.2. The quantitative estimate of drug-likeness (QED) is 0.236. The van der Waals surface area contributed by atoms with Crippen molar-refractivity contribution in [2.75, 3.05) is 14.2 Å². The van der Waals surface area contributed by atoms with Crippen LogP contribution >= 0.6 is 0 Å². The number of hydrogen-bond donors (Lipinski definition) is 2. The fourth-order valence-electron chi connectivity index (χ4n) is 1.10. The zero-order valence-electron chi connectivity index (χ0n) is 18.3. The summed E-state index contributed by atoms with van der Waals surface area (Å²) in [6, 6.07) is 0. The Hall–Kier alpha value is -1.04. The van der Waals surface area contributed by atoms with Crippen LogP contribution in [0.15, 0.2) is 23.7 Å². The second kappa shape index (κ2) is 19.7. The molecule has 0 saturated heterocycles. The summed E-state index contributed by atoms with van der Waals surface area (Å²) in [5, 5.41) is 18.5. The van der Waals surface area contributed by atoms with Crippen molar-refractivity contribution in [3.63, 3.8) is 0 Å². The number of ether oxygens (including phenoxy) is 2. The van der Waals surface area contributed by atoms with Crippen LogP contribution in [0.3, 0.4) is 0 Å². The molecule has 0 spiro atoms. The molecule has 2 unspecified atom stereocenters. The molecular weight excluding hydrogens is 437 g/mol. The van der Waals surface area contributed by atoms with Crippen LogP contribution in [0.4, 0.5) is 0 Å². The molecule has 0 aromatic heterocycles. The van der Waals surface area contributed by atoms with E-state index in [4.69, 9.17) is 9.47 Å². The SMILES string of the molecule is COC(C)/C(O)=C/C(=O)C(C)C.COC(C)/C(O)=C/C(=O)C(C)C.[CH3-].[CH3-].[Ru+2]. The van der Waals surface area contributed by atoms with E-state index < -0.39 is 12.2 Å². The normalized spacial score (nSPS) is 13.3. The zero-order valence-corrected chi connectivity index (χ0v) is 20.1. The van der Waals surface area contributed by atoms with E-state index >= 15 is 0 Å². The Labute approximate surface area is 178 Å². The molecule has 2 N–H and O–H groups in total. The molecule has 0 aromatic rings. The average Bonchev–Trinajstić information content (AvgIpc) is 2.53. The number of rotatable bonds is 8. The summed E-state index contributed by atoms with van der Waals surface area (Å²) in [7, 11) is 2.96. The smallest absolute Gasteiger partial charge is 0.509 e. The molecule has 0 aromatic carbocycles. The number of hydrogen-bond acceptors (Lipinski definition) is 6. The Morgan fingerprint density at radius 1 is 0.704 bits per heavy atom. The van der Waals surface area contributed by atoms with Gasteiger partial charge in [-0.2, -0.15) is 0 Å². The number of carbonyl (C=O) groups is 2. The van der Waals surface area contributed by atoms with Gasteiger partial charge < -0.3 is 34.5 Å². The largest absolute Gasteiger partial charge is 2.00 e. The van der Waals surface area contributed by atoms with E-state index in [1.54, 1.807) is 41.5 Å². The van der Waals surface area contributed by atoms with Gasteiger partial charge in [-0.05, 0) is 13.8 Å². The second-order valence-corrected chi connectivity index (χ2v) is 6.01. The number of methoxy groups -OCH3 is 2. The maximum atomic E-state index is 11.1. The average molecular weight is 476 g/mol. The first-order valence-electron chi connectivity index (χ1n) is 7.92. The van der Waals surface area contributed by atoms with Gasteiger partial charge in [0, 0.05) is 38.2 Å². The molecule has 162 valence electrons. The second-order valence-electron chi connectivity index (χ2n) is 6.01. The number of aliphatic hydroxyl groups excluding tert-OH is 2. The zero-order chi connectivity index (χ0) is 19.4. The molecular formula is C20H38O6Ru. The summed E-state index contributed by atoms with van der Waals surface area (Å²) in [5.41, 5.74) is 0. The van der Waals surface area contributed by atoms with Gasteiger partial charge in [0.1, 0.15) is 23.7 Å². The van der Waals surface area contributed by atoms with Gasteiger partial charge in [-0.25, -0.2) is 0 Å². The summed E-state index contributed by atoms with van der Waals surface area (Å²) < 4.78 is 9.64. The Morgan fingerprint density at radius 3 is 1.07 bits per heavy atom. The number of allylic oxidation sites excluding steroid dienone is 2. The fourth-order valence-corrected chi connectivity index (χ4v) is 1.10. The predicted molar refractivity (Wildman–Crippen MR) is 107 cm³/mol. The molecule has 6 nitrogen and oxygen atoms in total. The van der Waals surface area contributed by atoms with Gasteiger partial charge in [0.2, 0.25) is 0 Å². The Kier molecular flexibility index (Phi) is 26.9. The Morgan fingerprint density at radius 2 is 0.926 bits per heavy atom. The number of aliphatic hydroxyl groups is 2. The van der Waals surface area contributed by atoms with Crippen LogP contribution < -0.4 is 0 Å². The van der Waals surface area contributed by atoms with Crippen molar-refractivity contribution in [1.82, 2.24) is 0 Å². The first-order chi connectivity index (χ1) is 11.0. The summed E-state index contributed by atoms with van der Waals surface area (Å²) >= 11 is 0. The minimum Gasteiger partial charge on any atom is -0.509 e. The molecule has 0 rings (SSSR count). The molecule has 0 heterocycles.